The van der Waals surface area contributed by atoms with Gasteiger partial charge in [0.05, 0.1) is 7.11 Å². The van der Waals surface area contributed by atoms with Gasteiger partial charge in [0.15, 0.2) is 5.96 Å². The minimum atomic E-state index is -0.592. The molecule has 0 atom stereocenters. The first kappa shape index (κ1) is 19.1. The van der Waals surface area contributed by atoms with Crippen molar-refractivity contribution in [1.82, 2.24) is 0 Å². The summed E-state index contributed by atoms with van der Waals surface area (Å²) in [5, 5.41) is 2.92. The highest BCUT2D eigenvalue weighted by atomic mass is 127. The first-order valence-corrected chi connectivity index (χ1v) is 6.73. The monoisotopic (exact) mass is 433 g/mol. The topological polar surface area (TPSA) is 59.6 Å². The van der Waals surface area contributed by atoms with Crippen molar-refractivity contribution >= 4 is 35.6 Å². The number of methoxy groups -OCH3 is 1. The van der Waals surface area contributed by atoms with Crippen molar-refractivity contribution in [2.24, 2.45) is 10.7 Å². The smallest absolute Gasteiger partial charge is 0.193 e. The average molecular weight is 433 g/mol. The number of nitrogens with two attached hydrogens (primary N) is 1. The van der Waals surface area contributed by atoms with Crippen LogP contribution in [0.25, 0.3) is 0 Å². The molecule has 0 radical (unpaired) electrons. The van der Waals surface area contributed by atoms with Crippen LogP contribution in [0, 0.1) is 11.6 Å². The molecule has 0 bridgehead atoms. The lowest BCUT2D eigenvalue weighted by Gasteiger charge is -2.07. The normalized spacial score (nSPS) is 10.8. The lowest BCUT2D eigenvalue weighted by Crippen LogP contribution is -2.23. The molecule has 0 aliphatic rings. The van der Waals surface area contributed by atoms with E-state index in [0.717, 1.165) is 17.5 Å². The third-order valence-electron chi connectivity index (χ3n) is 3.04. The fourth-order valence-electron chi connectivity index (χ4n) is 1.88. The maximum atomic E-state index is 13.4. The van der Waals surface area contributed by atoms with Crippen LogP contribution in [0.2, 0.25) is 0 Å². The SMILES string of the molecule is COc1ccc(NC(N)=NCCc2ccc(F)cc2F)cc1.I. The molecule has 2 aromatic rings. The second kappa shape index (κ2) is 9.29. The molecule has 2 aromatic carbocycles. The van der Waals surface area contributed by atoms with Crippen LogP contribution in [0.1, 0.15) is 5.56 Å². The molecule has 7 heteroatoms. The van der Waals surface area contributed by atoms with E-state index in [2.05, 4.69) is 10.3 Å². The van der Waals surface area contributed by atoms with E-state index in [1.54, 1.807) is 31.4 Å². The van der Waals surface area contributed by atoms with E-state index < -0.39 is 11.6 Å². The van der Waals surface area contributed by atoms with E-state index in [1.807, 2.05) is 0 Å². The first-order chi connectivity index (χ1) is 10.6. The number of ether oxygens (including phenoxy) is 1. The predicted molar refractivity (Wildman–Crippen MR) is 98.6 cm³/mol. The molecule has 0 spiro atoms. The van der Waals surface area contributed by atoms with E-state index in [4.69, 9.17) is 10.5 Å². The third kappa shape index (κ3) is 6.01. The Morgan fingerprint density at radius 1 is 1.17 bits per heavy atom. The van der Waals surface area contributed by atoms with E-state index in [1.165, 1.54) is 12.1 Å². The molecule has 4 nitrogen and oxygen atoms in total. The summed E-state index contributed by atoms with van der Waals surface area (Å²) in [4.78, 5) is 4.11. The summed E-state index contributed by atoms with van der Waals surface area (Å²) in [7, 11) is 1.59. The van der Waals surface area contributed by atoms with Gasteiger partial charge in [0.1, 0.15) is 17.4 Å². The highest BCUT2D eigenvalue weighted by Gasteiger charge is 2.03. The zero-order valence-corrected chi connectivity index (χ0v) is 14.9. The average Bonchev–Trinajstić information content (AvgIpc) is 2.50. The molecule has 0 aliphatic heterocycles. The fraction of sp³-hybridized carbons (Fsp3) is 0.188. The molecule has 0 saturated carbocycles. The molecule has 0 aliphatic carbocycles. The van der Waals surface area contributed by atoms with Gasteiger partial charge in [0.2, 0.25) is 0 Å². The van der Waals surface area contributed by atoms with Crippen LogP contribution in [-0.4, -0.2) is 19.6 Å². The van der Waals surface area contributed by atoms with Gasteiger partial charge in [-0.25, -0.2) is 8.78 Å². The highest BCUT2D eigenvalue weighted by molar-refractivity contribution is 14.0. The van der Waals surface area contributed by atoms with Crippen molar-refractivity contribution in [3.8, 4) is 5.75 Å². The second-order valence-corrected chi connectivity index (χ2v) is 4.61. The Bertz CT molecular complexity index is 663. The van der Waals surface area contributed by atoms with Gasteiger partial charge < -0.3 is 15.8 Å². The second-order valence-electron chi connectivity index (χ2n) is 4.61. The van der Waals surface area contributed by atoms with Crippen LogP contribution in [0.3, 0.4) is 0 Å². The van der Waals surface area contributed by atoms with Gasteiger partial charge in [-0.3, -0.25) is 4.99 Å². The van der Waals surface area contributed by atoms with Gasteiger partial charge in [-0.1, -0.05) is 6.07 Å². The van der Waals surface area contributed by atoms with E-state index >= 15 is 0 Å². The number of rotatable bonds is 5. The number of nitrogens with one attached hydrogen (secondary N) is 1. The van der Waals surface area contributed by atoms with Gasteiger partial charge in [0, 0.05) is 18.3 Å². The molecule has 124 valence electrons. The summed E-state index contributed by atoms with van der Waals surface area (Å²) in [6.45, 7) is 0.303. The highest BCUT2D eigenvalue weighted by Crippen LogP contribution is 2.14. The molecule has 0 fully saturated rings. The maximum Gasteiger partial charge on any atom is 0.193 e. The quantitative estimate of drug-likeness (QED) is 0.431. The van der Waals surface area contributed by atoms with Crippen molar-refractivity contribution in [2.75, 3.05) is 19.0 Å². The summed E-state index contributed by atoms with van der Waals surface area (Å²) in [6.07, 6.45) is 0.344. The molecule has 3 N–H and O–H groups in total. The minimum absolute atomic E-state index is 0. The van der Waals surface area contributed by atoms with E-state index in [-0.39, 0.29) is 29.9 Å². The van der Waals surface area contributed by atoms with Crippen molar-refractivity contribution in [2.45, 2.75) is 6.42 Å². The number of benzene rings is 2. The summed E-state index contributed by atoms with van der Waals surface area (Å²) in [6, 6.07) is 10.7. The minimum Gasteiger partial charge on any atom is -0.497 e. The largest absolute Gasteiger partial charge is 0.497 e. The molecule has 0 unspecified atom stereocenters. The van der Waals surface area contributed by atoms with Crippen LogP contribution in [0.15, 0.2) is 47.5 Å². The third-order valence-corrected chi connectivity index (χ3v) is 3.04. The summed E-state index contributed by atoms with van der Waals surface area (Å²) in [5.74, 6) is -0.192. The summed E-state index contributed by atoms with van der Waals surface area (Å²) >= 11 is 0. The molecular formula is C16H18F2IN3O. The summed E-state index contributed by atoms with van der Waals surface area (Å²) in [5.41, 5.74) is 6.93. The van der Waals surface area contributed by atoms with Crippen molar-refractivity contribution in [1.29, 1.82) is 0 Å². The number of aliphatic imine (C=N–C) groups is 1. The maximum absolute atomic E-state index is 13.4. The van der Waals surface area contributed by atoms with Gasteiger partial charge in [-0.2, -0.15) is 0 Å². The Hall–Kier alpha value is -1.90. The van der Waals surface area contributed by atoms with Crippen LogP contribution < -0.4 is 15.8 Å². The number of halogens is 3. The van der Waals surface area contributed by atoms with Crippen LogP contribution in [0.4, 0.5) is 14.5 Å². The van der Waals surface area contributed by atoms with Crippen molar-refractivity contribution in [3.63, 3.8) is 0 Å². The van der Waals surface area contributed by atoms with Crippen LogP contribution in [-0.2, 0) is 6.42 Å². The Morgan fingerprint density at radius 3 is 2.48 bits per heavy atom. The van der Waals surface area contributed by atoms with Gasteiger partial charge in [-0.05, 0) is 42.3 Å². The zero-order chi connectivity index (χ0) is 15.9. The number of hydrogen-bond acceptors (Lipinski definition) is 2. The van der Waals surface area contributed by atoms with Crippen LogP contribution in [0.5, 0.6) is 5.75 Å². The molecule has 0 amide bonds. The van der Waals surface area contributed by atoms with Crippen molar-refractivity contribution < 1.29 is 13.5 Å². The zero-order valence-electron chi connectivity index (χ0n) is 12.6. The van der Waals surface area contributed by atoms with Crippen molar-refractivity contribution in [3.05, 3.63) is 59.7 Å². The standard InChI is InChI=1S/C16H17F2N3O.HI/c1-22-14-6-4-13(5-7-14)21-16(19)20-9-8-11-2-3-12(17)10-15(11)18;/h2-7,10H,8-9H2,1H3,(H3,19,20,21);1H. The Labute approximate surface area is 150 Å². The predicted octanol–water partition coefficient (Wildman–Crippen LogP) is 3.56. The first-order valence-electron chi connectivity index (χ1n) is 6.73. The number of nitrogens with zero attached hydrogens (tertiary/aromatic N) is 1. The molecule has 23 heavy (non-hydrogen) atoms. The van der Waals surface area contributed by atoms with Crippen LogP contribution >= 0.6 is 24.0 Å². The summed E-state index contributed by atoms with van der Waals surface area (Å²) < 4.78 is 31.3. The van der Waals surface area contributed by atoms with Gasteiger partial charge in [0.25, 0.3) is 0 Å². The lowest BCUT2D eigenvalue weighted by molar-refractivity contribution is 0.415. The lowest BCUT2D eigenvalue weighted by atomic mass is 10.1. The Balaban J connectivity index is 0.00000264. The Morgan fingerprint density at radius 2 is 1.87 bits per heavy atom. The van der Waals surface area contributed by atoms with E-state index in [0.29, 0.717) is 18.5 Å². The van der Waals surface area contributed by atoms with E-state index in [9.17, 15) is 8.78 Å². The Kier molecular flexibility index (Phi) is 7.73. The van der Waals surface area contributed by atoms with Gasteiger partial charge in [-0.15, -0.1) is 24.0 Å². The molecular weight excluding hydrogens is 415 g/mol. The fourth-order valence-corrected chi connectivity index (χ4v) is 1.88. The molecule has 0 aromatic heterocycles. The molecule has 0 saturated heterocycles. The molecule has 0 heterocycles. The number of guanidine groups is 1. The van der Waals surface area contributed by atoms with Gasteiger partial charge >= 0.3 is 0 Å². The molecule has 2 rings (SSSR count). The number of anilines is 1. The number of hydrogen-bond donors (Lipinski definition) is 2.